The van der Waals surface area contributed by atoms with Gasteiger partial charge in [0.2, 0.25) is 0 Å². The fourth-order valence-electron chi connectivity index (χ4n) is 1.48. The average molecular weight is 258 g/mol. The highest BCUT2D eigenvalue weighted by molar-refractivity contribution is 5.85. The first kappa shape index (κ1) is 17.3. The van der Waals surface area contributed by atoms with Gasteiger partial charge in [-0.2, -0.15) is 0 Å². The number of carbonyl (C=O) groups excluding carboxylic acids is 2. The van der Waals surface area contributed by atoms with E-state index in [4.69, 9.17) is 5.11 Å². The van der Waals surface area contributed by atoms with Gasteiger partial charge < -0.3 is 10.2 Å². The SMILES string of the molecule is CCC(C)(O)CCC(=O)CCC(=O)CCC(C)O. The predicted molar refractivity (Wildman–Crippen MR) is 70.3 cm³/mol. The molecule has 0 aliphatic heterocycles. The Balaban J connectivity index is 3.74. The smallest absolute Gasteiger partial charge is 0.133 e. The summed E-state index contributed by atoms with van der Waals surface area (Å²) in [5, 5.41) is 18.8. The maximum Gasteiger partial charge on any atom is 0.133 e. The Morgan fingerprint density at radius 1 is 1.11 bits per heavy atom. The highest BCUT2D eigenvalue weighted by atomic mass is 16.3. The highest BCUT2D eigenvalue weighted by Gasteiger charge is 2.19. The number of Topliss-reactive ketones (excluding diaryl/α,β-unsaturated/α-hetero) is 2. The summed E-state index contributed by atoms with van der Waals surface area (Å²) in [5.74, 6) is 0.0422. The number of carbonyl (C=O) groups is 2. The largest absolute Gasteiger partial charge is 0.393 e. The summed E-state index contributed by atoms with van der Waals surface area (Å²) in [7, 11) is 0. The lowest BCUT2D eigenvalue weighted by Crippen LogP contribution is -2.23. The van der Waals surface area contributed by atoms with Crippen LogP contribution in [-0.4, -0.2) is 33.5 Å². The molecule has 2 atom stereocenters. The van der Waals surface area contributed by atoms with E-state index in [0.717, 1.165) is 0 Å². The monoisotopic (exact) mass is 258 g/mol. The van der Waals surface area contributed by atoms with Crippen LogP contribution in [0.1, 0.15) is 65.7 Å². The van der Waals surface area contributed by atoms with E-state index in [1.807, 2.05) is 6.92 Å². The van der Waals surface area contributed by atoms with Crippen LogP contribution in [0.4, 0.5) is 0 Å². The van der Waals surface area contributed by atoms with E-state index in [9.17, 15) is 14.7 Å². The molecule has 0 bridgehead atoms. The van der Waals surface area contributed by atoms with Crippen LogP contribution < -0.4 is 0 Å². The van der Waals surface area contributed by atoms with Gasteiger partial charge in [-0.3, -0.25) is 9.59 Å². The standard InChI is InChI=1S/C14H26O4/c1-4-14(3,18)10-9-13(17)8-7-12(16)6-5-11(2)15/h11,15,18H,4-10H2,1-3H3. The molecule has 0 radical (unpaired) electrons. The Labute approximate surface area is 109 Å². The number of ketones is 2. The van der Waals surface area contributed by atoms with Crippen LogP contribution in [0.25, 0.3) is 0 Å². The zero-order chi connectivity index (χ0) is 14.2. The molecule has 106 valence electrons. The molecule has 0 saturated carbocycles. The summed E-state index contributed by atoms with van der Waals surface area (Å²) in [4.78, 5) is 22.9. The Hall–Kier alpha value is -0.740. The molecule has 0 aliphatic carbocycles. The van der Waals surface area contributed by atoms with Crippen LogP contribution in [0.2, 0.25) is 0 Å². The second-order valence-corrected chi connectivity index (χ2v) is 5.32. The average Bonchev–Trinajstić information content (AvgIpc) is 2.31. The minimum absolute atomic E-state index is 0.0199. The van der Waals surface area contributed by atoms with Gasteiger partial charge in [0, 0.05) is 25.7 Å². The normalized spacial score (nSPS) is 16.1. The van der Waals surface area contributed by atoms with Crippen molar-refractivity contribution in [3.63, 3.8) is 0 Å². The van der Waals surface area contributed by atoms with Crippen molar-refractivity contribution in [2.75, 3.05) is 0 Å². The number of rotatable bonds is 10. The van der Waals surface area contributed by atoms with E-state index in [0.29, 0.717) is 32.1 Å². The van der Waals surface area contributed by atoms with Gasteiger partial charge in [0.25, 0.3) is 0 Å². The number of aliphatic hydroxyl groups excluding tert-OH is 1. The summed E-state index contributed by atoms with van der Waals surface area (Å²) >= 11 is 0. The fourth-order valence-corrected chi connectivity index (χ4v) is 1.48. The van der Waals surface area contributed by atoms with E-state index >= 15 is 0 Å². The Morgan fingerprint density at radius 2 is 1.61 bits per heavy atom. The first-order chi connectivity index (χ1) is 8.26. The fraction of sp³-hybridized carbons (Fsp3) is 0.857. The van der Waals surface area contributed by atoms with Gasteiger partial charge in [0.1, 0.15) is 11.6 Å². The molecular weight excluding hydrogens is 232 g/mol. The van der Waals surface area contributed by atoms with E-state index in [1.165, 1.54) is 0 Å². The summed E-state index contributed by atoms with van der Waals surface area (Å²) < 4.78 is 0. The Bertz CT molecular complexity index is 269. The Kier molecular flexibility index (Phi) is 8.03. The van der Waals surface area contributed by atoms with E-state index in [2.05, 4.69) is 0 Å². The molecule has 0 aromatic heterocycles. The second-order valence-electron chi connectivity index (χ2n) is 5.32. The van der Waals surface area contributed by atoms with Crippen LogP contribution >= 0.6 is 0 Å². The van der Waals surface area contributed by atoms with Crippen LogP contribution in [0, 0.1) is 0 Å². The summed E-state index contributed by atoms with van der Waals surface area (Å²) in [6, 6.07) is 0. The van der Waals surface area contributed by atoms with E-state index in [1.54, 1.807) is 13.8 Å². The van der Waals surface area contributed by atoms with Crippen molar-refractivity contribution in [1.82, 2.24) is 0 Å². The van der Waals surface area contributed by atoms with Crippen molar-refractivity contribution in [3.8, 4) is 0 Å². The molecule has 4 nitrogen and oxygen atoms in total. The van der Waals surface area contributed by atoms with Gasteiger partial charge in [-0.1, -0.05) is 6.92 Å². The first-order valence-corrected chi connectivity index (χ1v) is 6.70. The van der Waals surface area contributed by atoms with Crippen molar-refractivity contribution in [2.24, 2.45) is 0 Å². The molecule has 2 unspecified atom stereocenters. The van der Waals surface area contributed by atoms with Crippen molar-refractivity contribution in [3.05, 3.63) is 0 Å². The van der Waals surface area contributed by atoms with Gasteiger partial charge in [0.05, 0.1) is 11.7 Å². The number of hydrogen-bond acceptors (Lipinski definition) is 4. The van der Waals surface area contributed by atoms with Crippen molar-refractivity contribution in [2.45, 2.75) is 77.4 Å². The molecule has 0 aromatic rings. The van der Waals surface area contributed by atoms with Gasteiger partial charge in [0.15, 0.2) is 0 Å². The molecule has 0 rings (SSSR count). The summed E-state index contributed by atoms with van der Waals surface area (Å²) in [6.07, 6.45) is 2.21. The molecule has 0 saturated heterocycles. The zero-order valence-corrected chi connectivity index (χ0v) is 11.7. The summed E-state index contributed by atoms with van der Waals surface area (Å²) in [6.45, 7) is 5.24. The van der Waals surface area contributed by atoms with Crippen LogP contribution in [0.3, 0.4) is 0 Å². The minimum Gasteiger partial charge on any atom is -0.393 e. The van der Waals surface area contributed by atoms with Crippen LogP contribution in [-0.2, 0) is 9.59 Å². The Morgan fingerprint density at radius 3 is 2.06 bits per heavy atom. The number of aliphatic hydroxyl groups is 2. The lowest BCUT2D eigenvalue weighted by molar-refractivity contribution is -0.125. The number of hydrogen-bond donors (Lipinski definition) is 2. The van der Waals surface area contributed by atoms with Crippen LogP contribution in [0.15, 0.2) is 0 Å². The topological polar surface area (TPSA) is 74.6 Å². The van der Waals surface area contributed by atoms with Gasteiger partial charge in [-0.15, -0.1) is 0 Å². The molecular formula is C14H26O4. The molecule has 4 heteroatoms. The molecule has 0 amide bonds. The molecule has 0 aliphatic rings. The zero-order valence-electron chi connectivity index (χ0n) is 11.7. The lowest BCUT2D eigenvalue weighted by Gasteiger charge is -2.20. The third-order valence-electron chi connectivity index (χ3n) is 3.23. The molecule has 0 aromatic carbocycles. The van der Waals surface area contributed by atoms with Gasteiger partial charge in [-0.25, -0.2) is 0 Å². The molecule has 2 N–H and O–H groups in total. The van der Waals surface area contributed by atoms with Crippen molar-refractivity contribution >= 4 is 11.6 Å². The third-order valence-corrected chi connectivity index (χ3v) is 3.23. The van der Waals surface area contributed by atoms with E-state index in [-0.39, 0.29) is 24.4 Å². The van der Waals surface area contributed by atoms with Crippen molar-refractivity contribution < 1.29 is 19.8 Å². The second kappa shape index (κ2) is 8.38. The third kappa shape index (κ3) is 9.31. The molecule has 0 spiro atoms. The molecule has 18 heavy (non-hydrogen) atoms. The van der Waals surface area contributed by atoms with Crippen molar-refractivity contribution in [1.29, 1.82) is 0 Å². The lowest BCUT2D eigenvalue weighted by atomic mass is 9.94. The van der Waals surface area contributed by atoms with Gasteiger partial charge in [-0.05, 0) is 33.1 Å². The van der Waals surface area contributed by atoms with Crippen LogP contribution in [0.5, 0.6) is 0 Å². The quantitative estimate of drug-likeness (QED) is 0.628. The molecule has 0 heterocycles. The molecule has 0 fully saturated rings. The maximum atomic E-state index is 11.5. The first-order valence-electron chi connectivity index (χ1n) is 6.70. The van der Waals surface area contributed by atoms with E-state index < -0.39 is 11.7 Å². The van der Waals surface area contributed by atoms with Gasteiger partial charge >= 0.3 is 0 Å². The minimum atomic E-state index is -0.786. The summed E-state index contributed by atoms with van der Waals surface area (Å²) in [5.41, 5.74) is -0.786. The maximum absolute atomic E-state index is 11.5. The highest BCUT2D eigenvalue weighted by Crippen LogP contribution is 2.17. The predicted octanol–water partition coefficient (Wildman–Crippen LogP) is 2.01.